The lowest BCUT2D eigenvalue weighted by molar-refractivity contribution is -0.111. The van der Waals surface area contributed by atoms with Crippen molar-refractivity contribution >= 4 is 45.6 Å². The molecule has 0 bridgehead atoms. The van der Waals surface area contributed by atoms with Gasteiger partial charge < -0.3 is 20.5 Å². The highest BCUT2D eigenvalue weighted by Gasteiger charge is 2.23. The molecule has 3 aromatic rings. The Morgan fingerprint density at radius 3 is 2.63 bits per heavy atom. The third-order valence-electron chi connectivity index (χ3n) is 4.37. The van der Waals surface area contributed by atoms with Crippen molar-refractivity contribution in [1.29, 1.82) is 0 Å². The fourth-order valence-electron chi connectivity index (χ4n) is 2.92. The van der Waals surface area contributed by atoms with Crippen LogP contribution in [0.15, 0.2) is 43.2 Å². The van der Waals surface area contributed by atoms with Gasteiger partial charge in [0, 0.05) is 22.7 Å². The zero-order valence-electron chi connectivity index (χ0n) is 16.6. The average molecular weight is 431 g/mol. The highest BCUT2D eigenvalue weighted by Crippen LogP contribution is 2.37. The van der Waals surface area contributed by atoms with Crippen LogP contribution in [-0.2, 0) is 10.4 Å². The van der Waals surface area contributed by atoms with Crippen LogP contribution in [0.2, 0.25) is 5.02 Å². The number of anilines is 3. The minimum absolute atomic E-state index is 0.107. The molecule has 156 valence electrons. The number of rotatable bonds is 6. The predicted molar refractivity (Wildman–Crippen MR) is 115 cm³/mol. The Morgan fingerprint density at radius 2 is 2.00 bits per heavy atom. The number of carbonyl (C=O) groups is 1. The van der Waals surface area contributed by atoms with Gasteiger partial charge in [-0.25, -0.2) is 14.4 Å². The van der Waals surface area contributed by atoms with E-state index < -0.39 is 17.3 Å². The molecule has 0 saturated heterocycles. The second-order valence-corrected chi connectivity index (χ2v) is 7.39. The molecule has 0 radical (unpaired) electrons. The van der Waals surface area contributed by atoms with Crippen LogP contribution in [0.5, 0.6) is 5.75 Å². The third kappa shape index (κ3) is 4.34. The van der Waals surface area contributed by atoms with Crippen molar-refractivity contribution in [3.05, 3.63) is 59.7 Å². The van der Waals surface area contributed by atoms with E-state index in [1.807, 2.05) is 0 Å². The average Bonchev–Trinajstić information content (AvgIpc) is 2.69. The van der Waals surface area contributed by atoms with Gasteiger partial charge in [0.1, 0.15) is 23.7 Å². The first-order valence-electron chi connectivity index (χ1n) is 8.89. The topological polar surface area (TPSA) is 96.4 Å². The molecule has 3 rings (SSSR count). The molecule has 0 aliphatic rings. The summed E-state index contributed by atoms with van der Waals surface area (Å²) in [5, 5.41) is 16.7. The second kappa shape index (κ2) is 8.25. The van der Waals surface area contributed by atoms with E-state index >= 15 is 0 Å². The third-order valence-corrected chi connectivity index (χ3v) is 4.66. The van der Waals surface area contributed by atoms with Crippen LogP contribution in [0.3, 0.4) is 0 Å². The number of hydrogen-bond donors (Lipinski definition) is 3. The number of aliphatic hydroxyl groups is 1. The summed E-state index contributed by atoms with van der Waals surface area (Å²) in [6.07, 6.45) is 2.49. The number of halogens is 2. The van der Waals surface area contributed by atoms with E-state index in [-0.39, 0.29) is 5.02 Å². The van der Waals surface area contributed by atoms with Crippen LogP contribution in [0.25, 0.3) is 10.9 Å². The smallest absolute Gasteiger partial charge is 0.247 e. The highest BCUT2D eigenvalue weighted by atomic mass is 35.5. The van der Waals surface area contributed by atoms with Crippen molar-refractivity contribution < 1.29 is 19.0 Å². The fraction of sp³-hybridized carbons (Fsp3) is 0.190. The summed E-state index contributed by atoms with van der Waals surface area (Å²) in [7, 11) is 1.47. The van der Waals surface area contributed by atoms with Crippen LogP contribution in [-0.4, -0.2) is 28.1 Å². The maximum atomic E-state index is 14.0. The zero-order chi connectivity index (χ0) is 22.1. The number of nitrogens with one attached hydrogen (secondary N) is 2. The SMILES string of the molecule is C=CC(=O)Nc1cc2c(Nc3cc(Cl)c(F)cc3C(C)(C)O)ncnc2cc1OC. The summed E-state index contributed by atoms with van der Waals surface area (Å²) in [6.45, 7) is 6.51. The Hall–Kier alpha value is -3.23. The highest BCUT2D eigenvalue weighted by molar-refractivity contribution is 6.31. The molecule has 0 unspecified atom stereocenters. The molecular formula is C21H20ClFN4O3. The van der Waals surface area contributed by atoms with E-state index in [0.29, 0.717) is 39.4 Å². The first-order valence-corrected chi connectivity index (χ1v) is 9.27. The summed E-state index contributed by atoms with van der Waals surface area (Å²) in [6, 6.07) is 5.84. The summed E-state index contributed by atoms with van der Waals surface area (Å²) < 4.78 is 19.3. The lowest BCUT2D eigenvalue weighted by atomic mass is 9.96. The van der Waals surface area contributed by atoms with Crippen LogP contribution >= 0.6 is 11.6 Å². The van der Waals surface area contributed by atoms with Crippen molar-refractivity contribution in [3.8, 4) is 5.75 Å². The molecular weight excluding hydrogens is 411 g/mol. The minimum atomic E-state index is -1.34. The van der Waals surface area contributed by atoms with Crippen molar-refractivity contribution in [2.45, 2.75) is 19.4 Å². The van der Waals surface area contributed by atoms with Crippen molar-refractivity contribution in [1.82, 2.24) is 9.97 Å². The summed E-state index contributed by atoms with van der Waals surface area (Å²) >= 11 is 5.96. The molecule has 1 heterocycles. The minimum Gasteiger partial charge on any atom is -0.494 e. The number of benzene rings is 2. The monoisotopic (exact) mass is 430 g/mol. The predicted octanol–water partition coefficient (Wildman–Crippen LogP) is 4.53. The lowest BCUT2D eigenvalue weighted by Crippen LogP contribution is -2.18. The van der Waals surface area contributed by atoms with Gasteiger partial charge in [0.25, 0.3) is 0 Å². The number of hydrogen-bond acceptors (Lipinski definition) is 6. The van der Waals surface area contributed by atoms with Gasteiger partial charge in [-0.15, -0.1) is 0 Å². The van der Waals surface area contributed by atoms with Crippen LogP contribution in [0.1, 0.15) is 19.4 Å². The molecule has 0 aliphatic heterocycles. The van der Waals surface area contributed by atoms with Crippen molar-refractivity contribution in [2.24, 2.45) is 0 Å². The Kier molecular flexibility index (Phi) is 5.91. The number of nitrogens with zero attached hydrogens (tertiary/aromatic N) is 2. The number of fused-ring (bicyclic) bond motifs is 1. The Balaban J connectivity index is 2.16. The molecule has 7 nitrogen and oxygen atoms in total. The number of ether oxygens (including phenoxy) is 1. The lowest BCUT2D eigenvalue weighted by Gasteiger charge is -2.23. The Morgan fingerprint density at radius 1 is 1.27 bits per heavy atom. The molecule has 0 fully saturated rings. The van der Waals surface area contributed by atoms with Gasteiger partial charge in [-0.3, -0.25) is 4.79 Å². The van der Waals surface area contributed by atoms with E-state index in [4.69, 9.17) is 16.3 Å². The van der Waals surface area contributed by atoms with E-state index in [9.17, 15) is 14.3 Å². The Labute approximate surface area is 177 Å². The van der Waals surface area contributed by atoms with E-state index in [0.717, 1.165) is 6.08 Å². The molecule has 0 spiro atoms. The first-order chi connectivity index (χ1) is 14.1. The molecule has 9 heteroatoms. The maximum Gasteiger partial charge on any atom is 0.247 e. The molecule has 1 aromatic heterocycles. The van der Waals surface area contributed by atoms with Crippen LogP contribution in [0, 0.1) is 5.82 Å². The standard InChI is InChI=1S/C21H20ClFN4O3/c1-5-19(28)26-17-6-11-15(9-18(17)30-4)24-10-25-20(11)27-16-8-13(22)14(23)7-12(16)21(2,3)29/h5-10,29H,1H2,2-4H3,(H,26,28)(H,24,25,27). The second-order valence-electron chi connectivity index (χ2n) is 6.98. The van der Waals surface area contributed by atoms with Gasteiger partial charge in [-0.1, -0.05) is 18.2 Å². The van der Waals surface area contributed by atoms with Gasteiger partial charge in [0.15, 0.2) is 0 Å². The number of amides is 1. The van der Waals surface area contributed by atoms with E-state index in [1.54, 1.807) is 12.1 Å². The molecule has 0 aliphatic carbocycles. The van der Waals surface area contributed by atoms with Gasteiger partial charge in [-0.05, 0) is 38.1 Å². The van der Waals surface area contributed by atoms with Gasteiger partial charge in [0.05, 0.1) is 28.9 Å². The molecule has 2 aromatic carbocycles. The zero-order valence-corrected chi connectivity index (χ0v) is 17.3. The largest absolute Gasteiger partial charge is 0.494 e. The maximum absolute atomic E-state index is 14.0. The van der Waals surface area contributed by atoms with Crippen LogP contribution in [0.4, 0.5) is 21.6 Å². The van der Waals surface area contributed by atoms with Gasteiger partial charge in [-0.2, -0.15) is 0 Å². The summed E-state index contributed by atoms with van der Waals surface area (Å²) in [5.74, 6) is -0.283. The molecule has 0 atom stereocenters. The van der Waals surface area contributed by atoms with Gasteiger partial charge >= 0.3 is 0 Å². The Bertz CT molecular complexity index is 1150. The van der Waals surface area contributed by atoms with E-state index in [2.05, 4.69) is 27.2 Å². The fourth-order valence-corrected chi connectivity index (χ4v) is 3.08. The number of carbonyl (C=O) groups excluding carboxylic acids is 1. The quantitative estimate of drug-likeness (QED) is 0.497. The number of methoxy groups -OCH3 is 1. The van der Waals surface area contributed by atoms with Gasteiger partial charge in [0.2, 0.25) is 5.91 Å². The number of aromatic nitrogens is 2. The van der Waals surface area contributed by atoms with Crippen LogP contribution < -0.4 is 15.4 Å². The summed E-state index contributed by atoms with van der Waals surface area (Å²) in [5.41, 5.74) is 0.265. The molecule has 1 amide bonds. The van der Waals surface area contributed by atoms with Crippen molar-refractivity contribution in [2.75, 3.05) is 17.7 Å². The first kappa shape index (κ1) is 21.5. The van der Waals surface area contributed by atoms with Crippen molar-refractivity contribution in [3.63, 3.8) is 0 Å². The molecule has 30 heavy (non-hydrogen) atoms. The molecule has 0 saturated carbocycles. The molecule has 3 N–H and O–H groups in total. The normalized spacial score (nSPS) is 11.3. The summed E-state index contributed by atoms with van der Waals surface area (Å²) in [4.78, 5) is 20.3. The van der Waals surface area contributed by atoms with E-state index in [1.165, 1.54) is 39.4 Å².